The summed E-state index contributed by atoms with van der Waals surface area (Å²) in [5.74, 6) is 0. The van der Waals surface area contributed by atoms with E-state index in [2.05, 4.69) is 24.9 Å². The summed E-state index contributed by atoms with van der Waals surface area (Å²) in [6, 6.07) is 0.563. The van der Waals surface area contributed by atoms with Crippen LogP contribution in [-0.2, 0) is 0 Å². The van der Waals surface area contributed by atoms with Gasteiger partial charge in [-0.25, -0.2) is 0 Å². The van der Waals surface area contributed by atoms with Gasteiger partial charge >= 0.3 is 0 Å². The molecule has 14 heavy (non-hydrogen) atoms. The van der Waals surface area contributed by atoms with E-state index in [4.69, 9.17) is 0 Å². The van der Waals surface area contributed by atoms with Crippen molar-refractivity contribution in [1.29, 1.82) is 0 Å². The van der Waals surface area contributed by atoms with Gasteiger partial charge in [0.25, 0.3) is 0 Å². The van der Waals surface area contributed by atoms with Gasteiger partial charge in [-0.05, 0) is 45.1 Å². The lowest BCUT2D eigenvalue weighted by Gasteiger charge is -2.23. The van der Waals surface area contributed by atoms with Crippen molar-refractivity contribution in [2.24, 2.45) is 0 Å². The Bertz CT molecular complexity index is 193. The molecule has 0 saturated heterocycles. The number of hydrogen-bond donors (Lipinski definition) is 1. The van der Waals surface area contributed by atoms with Crippen molar-refractivity contribution in [2.75, 3.05) is 6.54 Å². The lowest BCUT2D eigenvalue weighted by molar-refractivity contribution is 0.532. The van der Waals surface area contributed by atoms with Gasteiger partial charge in [-0.15, -0.1) is 6.58 Å². The molecule has 0 bridgehead atoms. The van der Waals surface area contributed by atoms with Crippen LogP contribution in [0.15, 0.2) is 24.3 Å². The van der Waals surface area contributed by atoms with Gasteiger partial charge in [-0.1, -0.05) is 24.6 Å². The molecule has 0 spiro atoms. The normalized spacial score (nSPS) is 18.8. The standard InChI is InChI=1S/C13H23N/c1-3-8-13(14-11-4-2)12-9-6-5-7-10-12/h3,9,13-14H,1,4-8,10-11H2,2H3. The fourth-order valence-electron chi connectivity index (χ4n) is 2.03. The Labute approximate surface area is 88.3 Å². The van der Waals surface area contributed by atoms with Crippen molar-refractivity contribution in [2.45, 2.75) is 51.5 Å². The molecule has 0 aromatic heterocycles. The topological polar surface area (TPSA) is 12.0 Å². The first-order chi connectivity index (χ1) is 6.88. The fourth-order valence-corrected chi connectivity index (χ4v) is 2.03. The van der Waals surface area contributed by atoms with Gasteiger partial charge in [0.15, 0.2) is 0 Å². The molecule has 1 aliphatic rings. The molecule has 1 heteroatoms. The zero-order chi connectivity index (χ0) is 10.2. The van der Waals surface area contributed by atoms with Crippen LogP contribution >= 0.6 is 0 Å². The SMILES string of the molecule is C=CCC(NCCC)C1=CCCCC1. The minimum absolute atomic E-state index is 0.563. The molecule has 0 aromatic rings. The predicted molar refractivity (Wildman–Crippen MR) is 63.4 cm³/mol. The van der Waals surface area contributed by atoms with Crippen LogP contribution in [0.2, 0.25) is 0 Å². The first kappa shape index (κ1) is 11.5. The molecule has 80 valence electrons. The molecular formula is C13H23N. The summed E-state index contributed by atoms with van der Waals surface area (Å²) in [6.45, 7) is 7.17. The molecule has 0 heterocycles. The fraction of sp³-hybridized carbons (Fsp3) is 0.692. The Morgan fingerprint density at radius 1 is 1.57 bits per heavy atom. The van der Waals surface area contributed by atoms with Crippen LogP contribution in [0.5, 0.6) is 0 Å². The first-order valence-electron chi connectivity index (χ1n) is 5.91. The Morgan fingerprint density at radius 3 is 3.00 bits per heavy atom. The minimum atomic E-state index is 0.563. The largest absolute Gasteiger partial charge is 0.310 e. The van der Waals surface area contributed by atoms with Crippen molar-refractivity contribution in [3.63, 3.8) is 0 Å². The van der Waals surface area contributed by atoms with Crippen LogP contribution in [0.25, 0.3) is 0 Å². The van der Waals surface area contributed by atoms with E-state index >= 15 is 0 Å². The first-order valence-corrected chi connectivity index (χ1v) is 5.91. The van der Waals surface area contributed by atoms with Crippen LogP contribution in [0.1, 0.15) is 45.4 Å². The zero-order valence-corrected chi connectivity index (χ0v) is 9.39. The number of nitrogens with one attached hydrogen (secondary N) is 1. The number of rotatable bonds is 6. The molecule has 0 aliphatic heterocycles. The van der Waals surface area contributed by atoms with Gasteiger partial charge in [0, 0.05) is 6.04 Å². The molecule has 1 N–H and O–H groups in total. The van der Waals surface area contributed by atoms with E-state index in [1.807, 2.05) is 6.08 Å². The van der Waals surface area contributed by atoms with E-state index in [0.717, 1.165) is 13.0 Å². The van der Waals surface area contributed by atoms with Crippen LogP contribution in [0, 0.1) is 0 Å². The smallest absolute Gasteiger partial charge is 0.0314 e. The molecule has 0 aromatic carbocycles. The summed E-state index contributed by atoms with van der Waals surface area (Å²) in [6.07, 6.45) is 12.0. The Morgan fingerprint density at radius 2 is 2.43 bits per heavy atom. The van der Waals surface area contributed by atoms with E-state index < -0.39 is 0 Å². The average Bonchev–Trinajstić information content (AvgIpc) is 2.25. The third-order valence-corrected chi connectivity index (χ3v) is 2.82. The molecule has 1 nitrogen and oxygen atoms in total. The predicted octanol–water partition coefficient (Wildman–Crippen LogP) is 3.43. The second-order valence-electron chi connectivity index (χ2n) is 4.06. The number of hydrogen-bond acceptors (Lipinski definition) is 1. The third kappa shape index (κ3) is 3.67. The van der Waals surface area contributed by atoms with E-state index in [-0.39, 0.29) is 0 Å². The van der Waals surface area contributed by atoms with Crippen molar-refractivity contribution in [3.05, 3.63) is 24.3 Å². The molecule has 0 fully saturated rings. The highest BCUT2D eigenvalue weighted by atomic mass is 14.9. The van der Waals surface area contributed by atoms with Gasteiger partial charge in [0.2, 0.25) is 0 Å². The molecule has 1 rings (SSSR count). The molecule has 0 saturated carbocycles. The summed E-state index contributed by atoms with van der Waals surface area (Å²) in [7, 11) is 0. The summed E-state index contributed by atoms with van der Waals surface area (Å²) in [5, 5.41) is 3.60. The highest BCUT2D eigenvalue weighted by Crippen LogP contribution is 2.21. The van der Waals surface area contributed by atoms with Crippen LogP contribution in [0.3, 0.4) is 0 Å². The molecule has 1 unspecified atom stereocenters. The molecule has 0 amide bonds. The summed E-state index contributed by atoms with van der Waals surface area (Å²) >= 11 is 0. The Hall–Kier alpha value is -0.560. The van der Waals surface area contributed by atoms with Crippen molar-refractivity contribution in [3.8, 4) is 0 Å². The maximum atomic E-state index is 3.84. The highest BCUT2D eigenvalue weighted by Gasteiger charge is 2.13. The zero-order valence-electron chi connectivity index (χ0n) is 9.39. The minimum Gasteiger partial charge on any atom is -0.310 e. The summed E-state index contributed by atoms with van der Waals surface area (Å²) in [5.41, 5.74) is 1.62. The monoisotopic (exact) mass is 193 g/mol. The maximum Gasteiger partial charge on any atom is 0.0314 e. The van der Waals surface area contributed by atoms with Gasteiger partial charge in [0.1, 0.15) is 0 Å². The summed E-state index contributed by atoms with van der Waals surface area (Å²) < 4.78 is 0. The quantitative estimate of drug-likeness (QED) is 0.637. The van der Waals surface area contributed by atoms with Gasteiger partial charge in [-0.3, -0.25) is 0 Å². The number of allylic oxidation sites excluding steroid dienone is 1. The van der Waals surface area contributed by atoms with E-state index in [0.29, 0.717) is 6.04 Å². The van der Waals surface area contributed by atoms with Crippen molar-refractivity contribution in [1.82, 2.24) is 5.32 Å². The molecular weight excluding hydrogens is 170 g/mol. The summed E-state index contributed by atoms with van der Waals surface area (Å²) in [4.78, 5) is 0. The van der Waals surface area contributed by atoms with Crippen molar-refractivity contribution >= 4 is 0 Å². The second kappa shape index (κ2) is 6.83. The average molecular weight is 193 g/mol. The second-order valence-corrected chi connectivity index (χ2v) is 4.06. The molecule has 0 radical (unpaired) electrons. The van der Waals surface area contributed by atoms with Crippen LogP contribution in [0.4, 0.5) is 0 Å². The Kier molecular flexibility index (Phi) is 5.62. The van der Waals surface area contributed by atoms with Crippen molar-refractivity contribution < 1.29 is 0 Å². The third-order valence-electron chi connectivity index (χ3n) is 2.82. The van der Waals surface area contributed by atoms with E-state index in [1.165, 1.54) is 32.1 Å². The lowest BCUT2D eigenvalue weighted by Crippen LogP contribution is -2.31. The van der Waals surface area contributed by atoms with Gasteiger partial charge in [0.05, 0.1) is 0 Å². The van der Waals surface area contributed by atoms with Crippen LogP contribution < -0.4 is 5.32 Å². The van der Waals surface area contributed by atoms with E-state index in [1.54, 1.807) is 5.57 Å². The molecule has 1 aliphatic carbocycles. The molecule has 1 atom stereocenters. The van der Waals surface area contributed by atoms with Gasteiger partial charge < -0.3 is 5.32 Å². The maximum absolute atomic E-state index is 3.84. The highest BCUT2D eigenvalue weighted by molar-refractivity contribution is 5.14. The van der Waals surface area contributed by atoms with E-state index in [9.17, 15) is 0 Å². The Balaban J connectivity index is 2.46. The van der Waals surface area contributed by atoms with Gasteiger partial charge in [-0.2, -0.15) is 0 Å². The van der Waals surface area contributed by atoms with Crippen LogP contribution in [-0.4, -0.2) is 12.6 Å². The lowest BCUT2D eigenvalue weighted by atomic mass is 9.92.